The highest BCUT2D eigenvalue weighted by Gasteiger charge is 2.67. The Morgan fingerprint density at radius 2 is 1.72 bits per heavy atom. The van der Waals surface area contributed by atoms with E-state index < -0.39 is 5.60 Å². The smallest absolute Gasteiger partial charge is 0.303 e. The van der Waals surface area contributed by atoms with Gasteiger partial charge in [-0.3, -0.25) is 4.79 Å². The number of ether oxygens (including phenoxy) is 3. The van der Waals surface area contributed by atoms with E-state index in [1.165, 1.54) is 39.0 Å². The lowest BCUT2D eigenvalue weighted by Crippen LogP contribution is -2.58. The number of esters is 1. The maximum atomic E-state index is 11.7. The molecule has 0 aromatic rings. The molecule has 0 amide bonds. The molecule has 4 saturated carbocycles. The predicted octanol–water partition coefficient (Wildman–Crippen LogP) is 5.26. The molecular formula is C25H38O4. The van der Waals surface area contributed by atoms with Crippen molar-refractivity contribution >= 4 is 5.97 Å². The summed E-state index contributed by atoms with van der Waals surface area (Å²) in [5.41, 5.74) is 0.0736. The fraction of sp³-hybridized carbons (Fsp3) is 0.880. The highest BCUT2D eigenvalue weighted by atomic mass is 16.7. The summed E-state index contributed by atoms with van der Waals surface area (Å²) in [7, 11) is 0. The Hall–Kier alpha value is -0.870. The van der Waals surface area contributed by atoms with Crippen molar-refractivity contribution in [2.24, 2.45) is 34.5 Å². The number of hydrogen-bond donors (Lipinski definition) is 0. The van der Waals surface area contributed by atoms with Crippen LogP contribution in [0.2, 0.25) is 0 Å². The molecule has 0 N–H and O–H groups in total. The van der Waals surface area contributed by atoms with E-state index in [0.29, 0.717) is 11.3 Å². The maximum Gasteiger partial charge on any atom is 0.303 e. The zero-order valence-corrected chi connectivity index (χ0v) is 18.5. The molecule has 0 bridgehead atoms. The minimum absolute atomic E-state index is 0.172. The van der Waals surface area contributed by atoms with Gasteiger partial charge in [0.05, 0.1) is 13.2 Å². The van der Waals surface area contributed by atoms with Crippen LogP contribution in [0, 0.1) is 34.5 Å². The van der Waals surface area contributed by atoms with E-state index in [9.17, 15) is 4.79 Å². The molecule has 0 aromatic carbocycles. The molecule has 0 aromatic heterocycles. The molecule has 7 atom stereocenters. The molecule has 4 heteroatoms. The highest BCUT2D eigenvalue weighted by molar-refractivity contribution is 5.66. The molecule has 0 radical (unpaired) electrons. The van der Waals surface area contributed by atoms with Crippen LogP contribution < -0.4 is 0 Å². The largest absolute Gasteiger partial charge is 0.455 e. The first kappa shape index (κ1) is 20.1. The van der Waals surface area contributed by atoms with Gasteiger partial charge in [0.1, 0.15) is 5.60 Å². The summed E-state index contributed by atoms with van der Waals surface area (Å²) < 4.78 is 18.4. The molecule has 4 nitrogen and oxygen atoms in total. The molecule has 0 unspecified atom stereocenters. The summed E-state index contributed by atoms with van der Waals surface area (Å²) in [5, 5.41) is 0. The molecule has 5 fully saturated rings. The van der Waals surface area contributed by atoms with Crippen LogP contribution in [0.3, 0.4) is 0 Å². The van der Waals surface area contributed by atoms with Crippen molar-refractivity contribution in [2.45, 2.75) is 89.9 Å². The lowest BCUT2D eigenvalue weighted by molar-refractivity contribution is -0.248. The van der Waals surface area contributed by atoms with Gasteiger partial charge in [0.2, 0.25) is 0 Å². The topological polar surface area (TPSA) is 44.8 Å². The van der Waals surface area contributed by atoms with Gasteiger partial charge in [-0.25, -0.2) is 0 Å². The van der Waals surface area contributed by atoms with Gasteiger partial charge >= 0.3 is 5.97 Å². The molecule has 29 heavy (non-hydrogen) atoms. The normalized spacial score (nSPS) is 50.4. The van der Waals surface area contributed by atoms with E-state index in [-0.39, 0.29) is 17.2 Å². The number of fused-ring (bicyclic) bond motifs is 6. The van der Waals surface area contributed by atoms with Crippen molar-refractivity contribution < 1.29 is 19.0 Å². The van der Waals surface area contributed by atoms with Gasteiger partial charge < -0.3 is 14.2 Å². The van der Waals surface area contributed by atoms with Gasteiger partial charge in [-0.1, -0.05) is 20.4 Å². The van der Waals surface area contributed by atoms with E-state index in [0.717, 1.165) is 56.7 Å². The Balaban J connectivity index is 1.39. The summed E-state index contributed by atoms with van der Waals surface area (Å²) >= 11 is 0. The Morgan fingerprint density at radius 1 is 1.00 bits per heavy atom. The van der Waals surface area contributed by atoms with Crippen molar-refractivity contribution in [3.8, 4) is 0 Å². The van der Waals surface area contributed by atoms with Crippen molar-refractivity contribution in [2.75, 3.05) is 13.2 Å². The number of hydrogen-bond acceptors (Lipinski definition) is 4. The van der Waals surface area contributed by atoms with Gasteiger partial charge in [0.25, 0.3) is 0 Å². The second kappa shape index (κ2) is 6.56. The third kappa shape index (κ3) is 2.67. The van der Waals surface area contributed by atoms with Crippen LogP contribution in [0.5, 0.6) is 0 Å². The fourth-order valence-corrected chi connectivity index (χ4v) is 8.75. The van der Waals surface area contributed by atoms with Gasteiger partial charge in [-0.05, 0) is 86.5 Å². The SMILES string of the molecule is C=C[C@@]1(OC(C)=O)CC[C@@]2(C)[C@@H](CC[C@@H]3[C@@H]2CC[C@@]2(C)[C@H]3CCC23OCCO3)C1. The number of carbonyl (C=O) groups excluding carboxylic acids is 1. The van der Waals surface area contributed by atoms with Gasteiger partial charge in [-0.2, -0.15) is 0 Å². The lowest BCUT2D eigenvalue weighted by Gasteiger charge is -2.62. The minimum Gasteiger partial charge on any atom is -0.455 e. The summed E-state index contributed by atoms with van der Waals surface area (Å²) in [6.45, 7) is 12.1. The number of carbonyl (C=O) groups is 1. The summed E-state index contributed by atoms with van der Waals surface area (Å²) in [6.07, 6.45) is 12.3. The predicted molar refractivity (Wildman–Crippen MR) is 111 cm³/mol. The van der Waals surface area contributed by atoms with Crippen LogP contribution >= 0.6 is 0 Å². The number of rotatable bonds is 2. The summed E-state index contributed by atoms with van der Waals surface area (Å²) in [6, 6.07) is 0. The second-order valence-electron chi connectivity index (χ2n) is 11.2. The Labute approximate surface area is 175 Å². The second-order valence-corrected chi connectivity index (χ2v) is 11.2. The van der Waals surface area contributed by atoms with Gasteiger partial charge in [0.15, 0.2) is 5.79 Å². The van der Waals surface area contributed by atoms with Crippen LogP contribution in [0.1, 0.15) is 78.6 Å². The molecule has 1 aliphatic heterocycles. The molecule has 1 heterocycles. The van der Waals surface area contributed by atoms with Crippen molar-refractivity contribution in [1.82, 2.24) is 0 Å². The molecule has 1 saturated heterocycles. The first-order valence-corrected chi connectivity index (χ1v) is 11.9. The average Bonchev–Trinajstić information content (AvgIpc) is 3.28. The summed E-state index contributed by atoms with van der Waals surface area (Å²) in [5.74, 6) is 2.41. The molecule has 1 spiro atoms. The van der Waals surface area contributed by atoms with E-state index in [4.69, 9.17) is 14.2 Å². The minimum atomic E-state index is -0.449. The molecule has 4 aliphatic carbocycles. The van der Waals surface area contributed by atoms with Crippen molar-refractivity contribution in [3.63, 3.8) is 0 Å². The van der Waals surface area contributed by atoms with Crippen LogP contribution in [0.4, 0.5) is 0 Å². The zero-order valence-electron chi connectivity index (χ0n) is 18.5. The van der Waals surface area contributed by atoms with Crippen molar-refractivity contribution in [1.29, 1.82) is 0 Å². The molecule has 5 aliphatic rings. The van der Waals surface area contributed by atoms with Crippen LogP contribution in [0.25, 0.3) is 0 Å². The van der Waals surface area contributed by atoms with Gasteiger partial charge in [0, 0.05) is 18.8 Å². The Morgan fingerprint density at radius 3 is 2.41 bits per heavy atom. The Bertz CT molecular complexity index is 697. The standard InChI is InChI=1S/C25H38O4/c1-5-24(29-17(2)26)13-12-22(3)18(16-24)6-7-19-20(22)8-10-23(4)21(19)9-11-25(23)27-14-15-28-25/h5,18-21H,1,6-16H2,2-4H3/t18-,19+,20-,21-,22-,23-,24+/m0/s1. The highest BCUT2D eigenvalue weighted by Crippen LogP contribution is 2.70. The van der Waals surface area contributed by atoms with E-state index in [2.05, 4.69) is 20.4 Å². The fourth-order valence-electron chi connectivity index (χ4n) is 8.75. The molecule has 162 valence electrons. The van der Waals surface area contributed by atoms with E-state index in [1.54, 1.807) is 0 Å². The van der Waals surface area contributed by atoms with Gasteiger partial charge in [-0.15, -0.1) is 0 Å². The molecular weight excluding hydrogens is 364 g/mol. The quantitative estimate of drug-likeness (QED) is 0.467. The van der Waals surface area contributed by atoms with Crippen LogP contribution in [-0.4, -0.2) is 30.6 Å². The van der Waals surface area contributed by atoms with Crippen LogP contribution in [0.15, 0.2) is 12.7 Å². The molecule has 5 rings (SSSR count). The van der Waals surface area contributed by atoms with Crippen molar-refractivity contribution in [3.05, 3.63) is 12.7 Å². The lowest BCUT2D eigenvalue weighted by atomic mass is 9.44. The third-order valence-electron chi connectivity index (χ3n) is 10.3. The summed E-state index contributed by atoms with van der Waals surface area (Å²) in [4.78, 5) is 11.7. The third-order valence-corrected chi connectivity index (χ3v) is 10.3. The maximum absolute atomic E-state index is 11.7. The zero-order chi connectivity index (χ0) is 20.5. The van der Waals surface area contributed by atoms with E-state index in [1.807, 2.05) is 6.08 Å². The van der Waals surface area contributed by atoms with Crippen LogP contribution in [-0.2, 0) is 19.0 Å². The Kier molecular flexibility index (Phi) is 4.54. The van der Waals surface area contributed by atoms with E-state index >= 15 is 0 Å². The monoisotopic (exact) mass is 402 g/mol. The first-order chi connectivity index (χ1) is 13.8. The first-order valence-electron chi connectivity index (χ1n) is 11.9. The average molecular weight is 403 g/mol.